The molecule has 8 heteroatoms. The van der Waals surface area contributed by atoms with Gasteiger partial charge in [0.2, 0.25) is 0 Å². The number of carbonyl (C=O) groups is 1. The first kappa shape index (κ1) is 18.5. The van der Waals surface area contributed by atoms with Crippen molar-refractivity contribution in [1.29, 1.82) is 0 Å². The molecule has 2 amide bonds. The lowest BCUT2D eigenvalue weighted by molar-refractivity contribution is -0.137. The van der Waals surface area contributed by atoms with Gasteiger partial charge in [-0.3, -0.25) is 0 Å². The van der Waals surface area contributed by atoms with Crippen LogP contribution in [0.2, 0.25) is 5.02 Å². The minimum Gasteiger partial charge on any atom is -0.393 e. The van der Waals surface area contributed by atoms with Crippen molar-refractivity contribution in [3.8, 4) is 0 Å². The highest BCUT2D eigenvalue weighted by molar-refractivity contribution is 6.31. The molecule has 2 aromatic rings. The number of benzene rings is 2. The highest BCUT2D eigenvalue weighted by Gasteiger charge is 2.33. The zero-order valence-electron chi connectivity index (χ0n) is 13.5. The van der Waals surface area contributed by atoms with Crippen molar-refractivity contribution in [3.63, 3.8) is 0 Å². The van der Waals surface area contributed by atoms with E-state index >= 15 is 0 Å². The summed E-state index contributed by atoms with van der Waals surface area (Å²) >= 11 is 5.56. The second-order valence-electron chi connectivity index (χ2n) is 6.15. The Morgan fingerprint density at radius 2 is 1.73 bits per heavy atom. The second kappa shape index (κ2) is 7.17. The van der Waals surface area contributed by atoms with Crippen molar-refractivity contribution in [2.24, 2.45) is 0 Å². The number of alkyl halides is 3. The van der Waals surface area contributed by atoms with E-state index in [1.165, 1.54) is 6.07 Å². The molecule has 3 N–H and O–H groups in total. The molecule has 0 aliphatic heterocycles. The maximum Gasteiger partial charge on any atom is 0.417 e. The van der Waals surface area contributed by atoms with Gasteiger partial charge in [0.1, 0.15) is 0 Å². The lowest BCUT2D eigenvalue weighted by Gasteiger charge is -2.21. The zero-order valence-corrected chi connectivity index (χ0v) is 14.3. The lowest BCUT2D eigenvalue weighted by Crippen LogP contribution is -2.21. The number of carbonyl (C=O) groups excluding carboxylic acids is 1. The number of aryl methyl sites for hydroxylation is 1. The topological polar surface area (TPSA) is 61.4 Å². The van der Waals surface area contributed by atoms with Crippen LogP contribution in [0.3, 0.4) is 0 Å². The number of anilines is 2. The summed E-state index contributed by atoms with van der Waals surface area (Å²) in [5.41, 5.74) is 1.54. The van der Waals surface area contributed by atoms with Gasteiger partial charge in [0.25, 0.3) is 0 Å². The Bertz CT molecular complexity index is 840. The van der Waals surface area contributed by atoms with Gasteiger partial charge >= 0.3 is 12.2 Å². The Morgan fingerprint density at radius 3 is 2.42 bits per heavy atom. The standard InChI is InChI=1S/C18H16ClF3N2O2/c19-16-6-4-13(9-15(16)18(20,21)22)24-17(26)23-12-3-1-10-2-5-14(25)8-11(10)7-12/h1,3-4,6-7,9,14,25H,2,5,8H2,(H2,23,24,26). The molecule has 3 rings (SSSR count). The average Bonchev–Trinajstić information content (AvgIpc) is 2.55. The molecule has 1 unspecified atom stereocenters. The van der Waals surface area contributed by atoms with Crippen LogP contribution < -0.4 is 10.6 Å². The predicted molar refractivity (Wildman–Crippen MR) is 93.6 cm³/mol. The molecule has 4 nitrogen and oxygen atoms in total. The fourth-order valence-corrected chi connectivity index (χ4v) is 3.15. The highest BCUT2D eigenvalue weighted by atomic mass is 35.5. The number of aliphatic hydroxyl groups excluding tert-OH is 1. The first-order valence-corrected chi connectivity index (χ1v) is 8.35. The third kappa shape index (κ3) is 4.28. The second-order valence-corrected chi connectivity index (χ2v) is 6.56. The summed E-state index contributed by atoms with van der Waals surface area (Å²) < 4.78 is 38.6. The molecule has 0 spiro atoms. The van der Waals surface area contributed by atoms with E-state index in [1.54, 1.807) is 12.1 Å². The van der Waals surface area contributed by atoms with Crippen LogP contribution in [-0.2, 0) is 19.0 Å². The van der Waals surface area contributed by atoms with E-state index in [0.29, 0.717) is 18.5 Å². The number of amides is 2. The van der Waals surface area contributed by atoms with Crippen LogP contribution >= 0.6 is 11.6 Å². The Hall–Kier alpha value is -2.25. The van der Waals surface area contributed by atoms with Gasteiger partial charge in [-0.05, 0) is 60.7 Å². The van der Waals surface area contributed by atoms with Crippen molar-refractivity contribution in [2.45, 2.75) is 31.5 Å². The number of aliphatic hydroxyl groups is 1. The number of hydrogen-bond donors (Lipinski definition) is 3. The molecule has 1 aliphatic rings. The van der Waals surface area contributed by atoms with Gasteiger partial charge in [0, 0.05) is 11.4 Å². The quantitative estimate of drug-likeness (QED) is 0.693. The molecular formula is C18H16ClF3N2O2. The van der Waals surface area contributed by atoms with Crippen LogP contribution in [0.25, 0.3) is 0 Å². The first-order chi connectivity index (χ1) is 12.2. The minimum atomic E-state index is -4.61. The van der Waals surface area contributed by atoms with Gasteiger partial charge in [-0.15, -0.1) is 0 Å². The fraction of sp³-hybridized carbons (Fsp3) is 0.278. The number of rotatable bonds is 2. The Kier molecular flexibility index (Phi) is 5.11. The van der Waals surface area contributed by atoms with E-state index in [2.05, 4.69) is 10.6 Å². The van der Waals surface area contributed by atoms with Crippen LogP contribution in [0.1, 0.15) is 23.1 Å². The summed E-state index contributed by atoms with van der Waals surface area (Å²) in [7, 11) is 0. The first-order valence-electron chi connectivity index (χ1n) is 7.97. The largest absolute Gasteiger partial charge is 0.417 e. The summed E-state index contributed by atoms with van der Waals surface area (Å²) in [6, 6.07) is 7.85. The van der Waals surface area contributed by atoms with Crippen LogP contribution in [0.15, 0.2) is 36.4 Å². The molecule has 0 bridgehead atoms. The van der Waals surface area contributed by atoms with Crippen molar-refractivity contribution in [1.82, 2.24) is 0 Å². The van der Waals surface area contributed by atoms with Crippen LogP contribution in [0.5, 0.6) is 0 Å². The highest BCUT2D eigenvalue weighted by Crippen LogP contribution is 2.36. The number of urea groups is 1. The molecule has 0 saturated heterocycles. The van der Waals surface area contributed by atoms with E-state index in [1.807, 2.05) is 6.07 Å². The Morgan fingerprint density at radius 1 is 1.08 bits per heavy atom. The van der Waals surface area contributed by atoms with E-state index in [4.69, 9.17) is 11.6 Å². The fourth-order valence-electron chi connectivity index (χ4n) is 2.93. The molecule has 0 heterocycles. The molecule has 2 aromatic carbocycles. The van der Waals surface area contributed by atoms with Crippen molar-refractivity contribution >= 4 is 29.0 Å². The maximum absolute atomic E-state index is 12.9. The average molecular weight is 385 g/mol. The van der Waals surface area contributed by atoms with Crippen LogP contribution in [0.4, 0.5) is 29.3 Å². The van der Waals surface area contributed by atoms with Crippen molar-refractivity contribution in [3.05, 3.63) is 58.1 Å². The smallest absolute Gasteiger partial charge is 0.393 e. The lowest BCUT2D eigenvalue weighted by atomic mass is 9.89. The van der Waals surface area contributed by atoms with Gasteiger partial charge in [0.05, 0.1) is 16.7 Å². The van der Waals surface area contributed by atoms with E-state index in [-0.39, 0.29) is 5.69 Å². The number of fused-ring (bicyclic) bond motifs is 1. The summed E-state index contributed by atoms with van der Waals surface area (Å²) in [6.45, 7) is 0. The Balaban J connectivity index is 1.71. The van der Waals surface area contributed by atoms with E-state index in [0.717, 1.165) is 29.7 Å². The van der Waals surface area contributed by atoms with E-state index < -0.39 is 28.9 Å². The molecule has 0 radical (unpaired) electrons. The third-order valence-corrected chi connectivity index (χ3v) is 4.53. The summed E-state index contributed by atoms with van der Waals surface area (Å²) in [5, 5.41) is 14.2. The number of nitrogens with one attached hydrogen (secondary N) is 2. The Labute approximate surface area is 153 Å². The molecule has 0 saturated carbocycles. The van der Waals surface area contributed by atoms with Crippen LogP contribution in [0, 0.1) is 0 Å². The zero-order chi connectivity index (χ0) is 18.9. The molecule has 26 heavy (non-hydrogen) atoms. The number of hydrogen-bond acceptors (Lipinski definition) is 2. The van der Waals surface area contributed by atoms with Gasteiger partial charge in [-0.2, -0.15) is 13.2 Å². The normalized spacial score (nSPS) is 16.7. The molecule has 138 valence electrons. The molecule has 1 aliphatic carbocycles. The van der Waals surface area contributed by atoms with Gasteiger partial charge in [0.15, 0.2) is 0 Å². The molecule has 0 fully saturated rings. The van der Waals surface area contributed by atoms with Gasteiger partial charge < -0.3 is 15.7 Å². The minimum absolute atomic E-state index is 0.0207. The van der Waals surface area contributed by atoms with Crippen molar-refractivity contribution < 1.29 is 23.1 Å². The van der Waals surface area contributed by atoms with Gasteiger partial charge in [-0.1, -0.05) is 17.7 Å². The SMILES string of the molecule is O=C(Nc1ccc2c(c1)CC(O)CC2)Nc1ccc(Cl)c(C(F)(F)F)c1. The maximum atomic E-state index is 12.9. The van der Waals surface area contributed by atoms with Gasteiger partial charge in [-0.25, -0.2) is 4.79 Å². The summed E-state index contributed by atoms with van der Waals surface area (Å²) in [4.78, 5) is 12.1. The van der Waals surface area contributed by atoms with Crippen molar-refractivity contribution in [2.75, 3.05) is 10.6 Å². The molecule has 1 atom stereocenters. The van der Waals surface area contributed by atoms with Crippen LogP contribution in [-0.4, -0.2) is 17.2 Å². The number of halogens is 4. The summed E-state index contributed by atoms with van der Waals surface area (Å²) in [5.74, 6) is 0. The van der Waals surface area contributed by atoms with E-state index in [9.17, 15) is 23.1 Å². The third-order valence-electron chi connectivity index (χ3n) is 4.20. The predicted octanol–water partition coefficient (Wildman–Crippen LogP) is 4.85. The monoisotopic (exact) mass is 384 g/mol. The molecule has 0 aromatic heterocycles. The molecular weight excluding hydrogens is 369 g/mol. The summed E-state index contributed by atoms with van der Waals surface area (Å²) in [6.07, 6.45) is -3.02.